The lowest BCUT2D eigenvalue weighted by molar-refractivity contribution is 0.702. The number of rotatable bonds is 7. The summed E-state index contributed by atoms with van der Waals surface area (Å²) < 4.78 is 0. The molecule has 0 atom stereocenters. The van der Waals surface area contributed by atoms with Crippen molar-refractivity contribution in [2.75, 3.05) is 16.8 Å². The van der Waals surface area contributed by atoms with Crippen LogP contribution < -0.4 is 10.2 Å². The Bertz CT molecular complexity index is 1140. The molecule has 1 aliphatic rings. The van der Waals surface area contributed by atoms with Gasteiger partial charge in [-0.15, -0.1) is 0 Å². The Balaban J connectivity index is 1.41. The second kappa shape index (κ2) is 10.1. The molecule has 0 amide bonds. The average molecular weight is 424 g/mol. The van der Waals surface area contributed by atoms with Crippen molar-refractivity contribution < 1.29 is 0 Å². The van der Waals surface area contributed by atoms with Crippen LogP contribution in [0.5, 0.6) is 0 Å². The molecule has 2 aromatic heterocycles. The third kappa shape index (κ3) is 5.30. The zero-order valence-corrected chi connectivity index (χ0v) is 18.8. The van der Waals surface area contributed by atoms with Crippen molar-refractivity contribution in [3.63, 3.8) is 0 Å². The number of nitrogens with zero attached hydrogens (tertiary/aromatic N) is 4. The fourth-order valence-electron chi connectivity index (χ4n) is 3.84. The molecule has 1 aliphatic heterocycles. The Morgan fingerprint density at radius 3 is 2.75 bits per heavy atom. The number of aromatic nitrogens is 3. The van der Waals surface area contributed by atoms with E-state index in [1.165, 1.54) is 22.4 Å². The van der Waals surface area contributed by atoms with Gasteiger partial charge in [-0.1, -0.05) is 60.7 Å². The zero-order valence-electron chi connectivity index (χ0n) is 18.8. The molecule has 0 unspecified atom stereocenters. The fourth-order valence-corrected chi connectivity index (χ4v) is 3.84. The van der Waals surface area contributed by atoms with Crippen LogP contribution in [0.4, 0.5) is 11.8 Å². The van der Waals surface area contributed by atoms with Crippen LogP contribution in [0.15, 0.2) is 85.2 Å². The van der Waals surface area contributed by atoms with E-state index >= 15 is 0 Å². The molecule has 0 fully saturated rings. The van der Waals surface area contributed by atoms with Crippen molar-refractivity contribution >= 4 is 17.3 Å². The Labute approximate surface area is 190 Å². The lowest BCUT2D eigenvalue weighted by Crippen LogP contribution is -2.31. The molecule has 32 heavy (non-hydrogen) atoms. The predicted octanol–water partition coefficient (Wildman–Crippen LogP) is 5.58. The smallest absolute Gasteiger partial charge is 0.224 e. The van der Waals surface area contributed by atoms with Crippen LogP contribution >= 0.6 is 0 Å². The first-order valence-electron chi connectivity index (χ1n) is 11.0. The van der Waals surface area contributed by atoms with Gasteiger partial charge in [0, 0.05) is 44.1 Å². The molecule has 0 radical (unpaired) electrons. The fraction of sp³-hybridized carbons (Fsp3) is 0.222. The normalized spacial score (nSPS) is 13.8. The third-order valence-electron chi connectivity index (χ3n) is 5.42. The van der Waals surface area contributed by atoms with Crippen molar-refractivity contribution in [1.29, 1.82) is 0 Å². The monoisotopic (exact) mass is 423 g/mol. The van der Waals surface area contributed by atoms with Crippen LogP contribution in [-0.2, 0) is 19.5 Å². The third-order valence-corrected chi connectivity index (χ3v) is 5.42. The van der Waals surface area contributed by atoms with Gasteiger partial charge in [-0.25, -0.2) is 4.98 Å². The predicted molar refractivity (Wildman–Crippen MR) is 132 cm³/mol. The molecular formula is C27H29N5. The Morgan fingerprint density at radius 2 is 1.97 bits per heavy atom. The van der Waals surface area contributed by atoms with E-state index in [2.05, 4.69) is 69.2 Å². The summed E-state index contributed by atoms with van der Waals surface area (Å²) in [5.41, 5.74) is 7.01. The van der Waals surface area contributed by atoms with E-state index in [1.54, 1.807) is 0 Å². The maximum absolute atomic E-state index is 4.74. The molecule has 3 heterocycles. The summed E-state index contributed by atoms with van der Waals surface area (Å²) in [5, 5.41) is 3.36. The highest BCUT2D eigenvalue weighted by Gasteiger charge is 2.18. The minimum Gasteiger partial charge on any atom is -0.352 e. The minimum absolute atomic E-state index is 0.639. The van der Waals surface area contributed by atoms with Crippen molar-refractivity contribution in [1.82, 2.24) is 15.0 Å². The molecule has 4 rings (SSSR count). The van der Waals surface area contributed by atoms with E-state index in [0.29, 0.717) is 12.5 Å². The Kier molecular flexibility index (Phi) is 6.75. The maximum Gasteiger partial charge on any atom is 0.224 e. The van der Waals surface area contributed by atoms with Gasteiger partial charge in [0.05, 0.1) is 0 Å². The summed E-state index contributed by atoms with van der Waals surface area (Å²) in [5.74, 6) is 1.58. The van der Waals surface area contributed by atoms with Crippen LogP contribution in [0.3, 0.4) is 0 Å². The highest BCUT2D eigenvalue weighted by Crippen LogP contribution is 2.23. The minimum atomic E-state index is 0.639. The first-order valence-corrected chi connectivity index (χ1v) is 11.0. The van der Waals surface area contributed by atoms with E-state index in [1.807, 2.05) is 44.4 Å². The zero-order chi connectivity index (χ0) is 22.3. The molecule has 0 spiro atoms. The summed E-state index contributed by atoms with van der Waals surface area (Å²) in [6.07, 6.45) is 10.9. The summed E-state index contributed by atoms with van der Waals surface area (Å²) in [6, 6.07) is 14.7. The molecule has 1 N–H and O–H groups in total. The van der Waals surface area contributed by atoms with Gasteiger partial charge in [0.15, 0.2) is 0 Å². The number of benzene rings is 1. The van der Waals surface area contributed by atoms with Crippen LogP contribution in [0.1, 0.15) is 36.2 Å². The van der Waals surface area contributed by atoms with Crippen molar-refractivity contribution in [2.45, 2.75) is 33.4 Å². The molecule has 0 aliphatic carbocycles. The second-order valence-electron chi connectivity index (χ2n) is 8.02. The molecular weight excluding hydrogens is 394 g/mol. The first kappa shape index (κ1) is 21.5. The Hall–Kier alpha value is -3.73. The summed E-state index contributed by atoms with van der Waals surface area (Å²) in [4.78, 5) is 15.9. The molecule has 1 aromatic carbocycles. The van der Waals surface area contributed by atoms with Crippen molar-refractivity contribution in [2.24, 2.45) is 0 Å². The highest BCUT2D eigenvalue weighted by molar-refractivity contribution is 5.75. The van der Waals surface area contributed by atoms with Gasteiger partial charge in [0.25, 0.3) is 0 Å². The number of nitrogens with one attached hydrogen (secondary N) is 1. The number of anilines is 2. The van der Waals surface area contributed by atoms with Crippen LogP contribution in [-0.4, -0.2) is 21.5 Å². The van der Waals surface area contributed by atoms with E-state index in [4.69, 9.17) is 4.98 Å². The SMILES string of the molecule is C=C(C)/C=C(\C=C/C)c1ccc(CNc2nccc(N3CCc4ncccc4C3)n2)cc1. The second-order valence-corrected chi connectivity index (χ2v) is 8.02. The van der Waals surface area contributed by atoms with Gasteiger partial charge >= 0.3 is 0 Å². The molecule has 5 heteroatoms. The number of hydrogen-bond acceptors (Lipinski definition) is 5. The molecule has 0 bridgehead atoms. The standard InChI is InChI=1S/C27H29N5/c1-4-6-23(17-20(2)3)22-10-8-21(9-11-22)18-30-27-29-15-12-26(31-27)32-16-13-25-24(19-32)7-5-14-28-25/h4-12,14-15,17H,2,13,16,18-19H2,1,3H3,(H,29,30,31)/b6-4-,23-17+. The van der Waals surface area contributed by atoms with Crippen LogP contribution in [0.2, 0.25) is 0 Å². The quantitative estimate of drug-likeness (QED) is 0.503. The molecule has 5 nitrogen and oxygen atoms in total. The Morgan fingerprint density at radius 1 is 1.12 bits per heavy atom. The van der Waals surface area contributed by atoms with E-state index in [9.17, 15) is 0 Å². The van der Waals surface area contributed by atoms with Crippen LogP contribution in [0, 0.1) is 0 Å². The molecule has 0 saturated heterocycles. The first-order chi connectivity index (χ1) is 15.6. The van der Waals surface area contributed by atoms with Crippen molar-refractivity contribution in [3.8, 4) is 0 Å². The molecule has 162 valence electrons. The summed E-state index contributed by atoms with van der Waals surface area (Å²) in [6.45, 7) is 10.4. The van der Waals surface area contributed by atoms with Gasteiger partial charge in [0.1, 0.15) is 5.82 Å². The van der Waals surface area contributed by atoms with E-state index in [-0.39, 0.29) is 0 Å². The number of pyridine rings is 1. The van der Waals surface area contributed by atoms with Gasteiger partial charge in [-0.3, -0.25) is 4.98 Å². The average Bonchev–Trinajstić information content (AvgIpc) is 2.82. The van der Waals surface area contributed by atoms with Gasteiger partial charge in [-0.2, -0.15) is 4.98 Å². The van der Waals surface area contributed by atoms with Gasteiger partial charge < -0.3 is 10.2 Å². The lowest BCUT2D eigenvalue weighted by Gasteiger charge is -2.29. The van der Waals surface area contributed by atoms with Crippen molar-refractivity contribution in [3.05, 3.63) is 108 Å². The van der Waals surface area contributed by atoms with Crippen LogP contribution in [0.25, 0.3) is 5.57 Å². The number of hydrogen-bond donors (Lipinski definition) is 1. The molecule has 0 saturated carbocycles. The van der Waals surface area contributed by atoms with Gasteiger partial charge in [0.2, 0.25) is 5.95 Å². The number of allylic oxidation sites excluding steroid dienone is 5. The summed E-state index contributed by atoms with van der Waals surface area (Å²) >= 11 is 0. The highest BCUT2D eigenvalue weighted by atomic mass is 15.2. The summed E-state index contributed by atoms with van der Waals surface area (Å²) in [7, 11) is 0. The van der Waals surface area contributed by atoms with E-state index < -0.39 is 0 Å². The number of fused-ring (bicyclic) bond motifs is 1. The van der Waals surface area contributed by atoms with Gasteiger partial charge in [-0.05, 0) is 48.2 Å². The van der Waals surface area contributed by atoms with E-state index in [0.717, 1.165) is 36.5 Å². The topological polar surface area (TPSA) is 53.9 Å². The lowest BCUT2D eigenvalue weighted by atomic mass is 10.0. The largest absolute Gasteiger partial charge is 0.352 e. The molecule has 3 aromatic rings. The maximum atomic E-state index is 4.74.